The first-order valence-corrected chi connectivity index (χ1v) is 11.6. The Balaban J connectivity index is 1.37. The summed E-state index contributed by atoms with van der Waals surface area (Å²) in [7, 11) is 0. The third-order valence-corrected chi connectivity index (χ3v) is 6.30. The van der Waals surface area contributed by atoms with Crippen molar-refractivity contribution >= 4 is 40.8 Å². The number of ether oxygens (including phenoxy) is 1. The second-order valence-electron chi connectivity index (χ2n) is 8.25. The second-order valence-corrected chi connectivity index (χ2v) is 8.69. The summed E-state index contributed by atoms with van der Waals surface area (Å²) in [5.74, 6) is -1.42. The topological polar surface area (TPSA) is 102 Å². The second kappa shape index (κ2) is 10.9. The van der Waals surface area contributed by atoms with Crippen molar-refractivity contribution in [3.05, 3.63) is 58.6 Å². The monoisotopic (exact) mass is 486 g/mol. The Morgan fingerprint density at radius 2 is 1.62 bits per heavy atom. The Hall–Kier alpha value is -3.14. The molecule has 2 aliphatic heterocycles. The van der Waals surface area contributed by atoms with Gasteiger partial charge in [-0.25, -0.2) is 4.79 Å². The van der Waals surface area contributed by atoms with Crippen LogP contribution in [0.3, 0.4) is 0 Å². The number of hydrogen-bond donors (Lipinski definition) is 2. The SMILES string of the molecule is O=C(Nc1ccc(N2CCN(CC(=O)N3CCOCC3)CC2)cc1C(=O)O)c1ccc(Cl)cc1. The Labute approximate surface area is 202 Å². The molecule has 34 heavy (non-hydrogen) atoms. The fourth-order valence-corrected chi connectivity index (χ4v) is 4.20. The molecule has 0 aromatic heterocycles. The lowest BCUT2D eigenvalue weighted by Crippen LogP contribution is -2.51. The summed E-state index contributed by atoms with van der Waals surface area (Å²) >= 11 is 5.86. The molecule has 0 bridgehead atoms. The van der Waals surface area contributed by atoms with E-state index in [0.29, 0.717) is 69.6 Å². The van der Waals surface area contributed by atoms with Gasteiger partial charge in [0.2, 0.25) is 5.91 Å². The highest BCUT2D eigenvalue weighted by Gasteiger charge is 2.24. The number of carboxylic acids is 1. The zero-order chi connectivity index (χ0) is 24.1. The first kappa shape index (κ1) is 24.0. The quantitative estimate of drug-likeness (QED) is 0.645. The Morgan fingerprint density at radius 1 is 0.941 bits per heavy atom. The zero-order valence-electron chi connectivity index (χ0n) is 18.7. The van der Waals surface area contributed by atoms with Gasteiger partial charge in [0.25, 0.3) is 5.91 Å². The maximum atomic E-state index is 12.5. The molecule has 0 saturated carbocycles. The number of nitrogens with one attached hydrogen (secondary N) is 1. The van der Waals surface area contributed by atoms with Gasteiger partial charge in [-0.2, -0.15) is 0 Å². The van der Waals surface area contributed by atoms with Gasteiger partial charge in [0, 0.05) is 55.5 Å². The van der Waals surface area contributed by atoms with Crippen molar-refractivity contribution in [1.29, 1.82) is 0 Å². The van der Waals surface area contributed by atoms with Gasteiger partial charge in [-0.05, 0) is 42.5 Å². The van der Waals surface area contributed by atoms with Gasteiger partial charge in [0.15, 0.2) is 0 Å². The van der Waals surface area contributed by atoms with Crippen LogP contribution in [0.1, 0.15) is 20.7 Å². The van der Waals surface area contributed by atoms with Crippen molar-refractivity contribution in [1.82, 2.24) is 9.80 Å². The normalized spacial score (nSPS) is 16.9. The summed E-state index contributed by atoms with van der Waals surface area (Å²) in [5, 5.41) is 12.9. The summed E-state index contributed by atoms with van der Waals surface area (Å²) in [5.41, 5.74) is 1.39. The lowest BCUT2D eigenvalue weighted by Gasteiger charge is -2.37. The van der Waals surface area contributed by atoms with E-state index in [4.69, 9.17) is 16.3 Å². The lowest BCUT2D eigenvalue weighted by atomic mass is 10.1. The molecule has 2 N–H and O–H groups in total. The van der Waals surface area contributed by atoms with Crippen LogP contribution >= 0.6 is 11.6 Å². The average Bonchev–Trinajstić information content (AvgIpc) is 2.85. The number of aromatic carboxylic acids is 1. The maximum Gasteiger partial charge on any atom is 0.337 e. The number of piperazine rings is 1. The van der Waals surface area contributed by atoms with Crippen LogP contribution in [0.4, 0.5) is 11.4 Å². The molecule has 2 amide bonds. The van der Waals surface area contributed by atoms with Gasteiger partial charge in [-0.1, -0.05) is 11.6 Å². The number of rotatable bonds is 6. The fraction of sp³-hybridized carbons (Fsp3) is 0.375. The predicted molar refractivity (Wildman–Crippen MR) is 129 cm³/mol. The number of amides is 2. The largest absolute Gasteiger partial charge is 0.478 e. The van der Waals surface area contributed by atoms with E-state index in [9.17, 15) is 19.5 Å². The molecule has 2 aromatic carbocycles. The molecule has 4 rings (SSSR count). The summed E-state index contributed by atoms with van der Waals surface area (Å²) in [6, 6.07) is 11.4. The van der Waals surface area contributed by atoms with E-state index in [-0.39, 0.29) is 17.2 Å². The minimum absolute atomic E-state index is 0.0183. The van der Waals surface area contributed by atoms with Crippen molar-refractivity contribution in [2.45, 2.75) is 0 Å². The molecule has 10 heteroatoms. The number of halogens is 1. The lowest BCUT2D eigenvalue weighted by molar-refractivity contribution is -0.136. The number of anilines is 2. The van der Waals surface area contributed by atoms with Crippen LogP contribution in [-0.4, -0.2) is 91.7 Å². The van der Waals surface area contributed by atoms with E-state index in [1.54, 1.807) is 42.5 Å². The summed E-state index contributed by atoms with van der Waals surface area (Å²) in [6.45, 7) is 5.57. The third-order valence-electron chi connectivity index (χ3n) is 6.05. The van der Waals surface area contributed by atoms with E-state index in [1.807, 2.05) is 4.90 Å². The highest BCUT2D eigenvalue weighted by molar-refractivity contribution is 6.30. The zero-order valence-corrected chi connectivity index (χ0v) is 19.5. The number of benzene rings is 2. The average molecular weight is 487 g/mol. The summed E-state index contributed by atoms with van der Waals surface area (Å²) in [6.07, 6.45) is 0. The maximum absolute atomic E-state index is 12.5. The van der Waals surface area contributed by atoms with Crippen LogP contribution in [0.15, 0.2) is 42.5 Å². The molecule has 0 spiro atoms. The molecule has 0 aliphatic carbocycles. The smallest absolute Gasteiger partial charge is 0.337 e. The number of carbonyl (C=O) groups excluding carboxylic acids is 2. The number of carboxylic acid groups (broad SMARTS) is 1. The molecule has 9 nitrogen and oxygen atoms in total. The van der Waals surface area contributed by atoms with Crippen molar-refractivity contribution in [3.63, 3.8) is 0 Å². The third kappa shape index (κ3) is 5.85. The molecule has 2 aliphatic rings. The van der Waals surface area contributed by atoms with Gasteiger partial charge in [0.1, 0.15) is 0 Å². The molecular formula is C24H27ClN4O5. The molecular weight excluding hydrogens is 460 g/mol. The van der Waals surface area contributed by atoms with Gasteiger partial charge in [-0.15, -0.1) is 0 Å². The molecule has 0 atom stereocenters. The molecule has 2 fully saturated rings. The van der Waals surface area contributed by atoms with Gasteiger partial charge >= 0.3 is 5.97 Å². The first-order valence-electron chi connectivity index (χ1n) is 11.2. The molecule has 0 unspecified atom stereocenters. The van der Waals surface area contributed by atoms with E-state index >= 15 is 0 Å². The highest BCUT2D eigenvalue weighted by atomic mass is 35.5. The van der Waals surface area contributed by atoms with E-state index < -0.39 is 11.9 Å². The number of morpholine rings is 1. The van der Waals surface area contributed by atoms with Gasteiger partial charge < -0.3 is 25.0 Å². The number of nitrogens with zero attached hydrogens (tertiary/aromatic N) is 3. The molecule has 180 valence electrons. The Morgan fingerprint density at radius 3 is 2.26 bits per heavy atom. The van der Waals surface area contributed by atoms with Crippen molar-refractivity contribution in [3.8, 4) is 0 Å². The van der Waals surface area contributed by atoms with E-state index in [1.165, 1.54) is 0 Å². The Kier molecular flexibility index (Phi) is 7.66. The summed E-state index contributed by atoms with van der Waals surface area (Å²) < 4.78 is 5.30. The van der Waals surface area contributed by atoms with E-state index in [2.05, 4.69) is 15.1 Å². The van der Waals surface area contributed by atoms with Crippen LogP contribution < -0.4 is 10.2 Å². The van der Waals surface area contributed by atoms with Crippen molar-refractivity contribution in [2.75, 3.05) is 69.2 Å². The minimum atomic E-state index is -1.12. The standard InChI is InChI=1S/C24H27ClN4O5/c25-18-3-1-17(2-4-18)23(31)26-21-6-5-19(15-20(21)24(32)33)28-9-7-27(8-10-28)16-22(30)29-11-13-34-14-12-29/h1-6,15H,7-14,16H2,(H,26,31)(H,32,33). The van der Waals surface area contributed by atoms with Crippen molar-refractivity contribution in [2.24, 2.45) is 0 Å². The molecule has 0 radical (unpaired) electrons. The van der Waals surface area contributed by atoms with Crippen LogP contribution in [0, 0.1) is 0 Å². The molecule has 2 heterocycles. The minimum Gasteiger partial charge on any atom is -0.478 e. The first-order chi connectivity index (χ1) is 16.4. The predicted octanol–water partition coefficient (Wildman–Crippen LogP) is 2.27. The van der Waals surface area contributed by atoms with Gasteiger partial charge in [-0.3, -0.25) is 14.5 Å². The van der Waals surface area contributed by atoms with E-state index in [0.717, 1.165) is 5.69 Å². The molecule has 2 aromatic rings. The van der Waals surface area contributed by atoms with Crippen LogP contribution in [0.5, 0.6) is 0 Å². The van der Waals surface area contributed by atoms with Crippen LogP contribution in [-0.2, 0) is 9.53 Å². The number of carbonyl (C=O) groups is 3. The van der Waals surface area contributed by atoms with Crippen LogP contribution in [0.2, 0.25) is 5.02 Å². The van der Waals surface area contributed by atoms with Gasteiger partial charge in [0.05, 0.1) is 31.0 Å². The summed E-state index contributed by atoms with van der Waals surface area (Å²) in [4.78, 5) is 43.0. The van der Waals surface area contributed by atoms with Crippen LogP contribution in [0.25, 0.3) is 0 Å². The Bertz CT molecular complexity index is 1050. The fourth-order valence-electron chi connectivity index (χ4n) is 4.08. The molecule has 2 saturated heterocycles. The number of hydrogen-bond acceptors (Lipinski definition) is 6. The highest BCUT2D eigenvalue weighted by Crippen LogP contribution is 2.25. The van der Waals surface area contributed by atoms with Crippen molar-refractivity contribution < 1.29 is 24.2 Å².